The zero-order valence-electron chi connectivity index (χ0n) is 7.21. The SMILES string of the molecule is CC(C)C1CN(C(=O)CN)C1. The standard InChI is InChI=1S/C8H16N2O/c1-6(2)7-4-10(5-7)8(11)3-9/h6-7H,3-5,9H2,1-2H3. The van der Waals surface area contributed by atoms with Crippen molar-refractivity contribution in [3.63, 3.8) is 0 Å². The summed E-state index contributed by atoms with van der Waals surface area (Å²) in [6.07, 6.45) is 0. The summed E-state index contributed by atoms with van der Waals surface area (Å²) in [7, 11) is 0. The van der Waals surface area contributed by atoms with Crippen LogP contribution in [-0.4, -0.2) is 30.4 Å². The Morgan fingerprint density at radius 1 is 1.64 bits per heavy atom. The van der Waals surface area contributed by atoms with Crippen molar-refractivity contribution >= 4 is 5.91 Å². The van der Waals surface area contributed by atoms with Crippen molar-refractivity contribution in [2.45, 2.75) is 13.8 Å². The number of nitrogens with two attached hydrogens (primary N) is 1. The van der Waals surface area contributed by atoms with E-state index in [0.29, 0.717) is 11.8 Å². The van der Waals surface area contributed by atoms with Crippen LogP contribution in [0.25, 0.3) is 0 Å². The second-order valence-corrected chi connectivity index (χ2v) is 3.51. The average molecular weight is 156 g/mol. The molecule has 0 unspecified atom stereocenters. The lowest BCUT2D eigenvalue weighted by Crippen LogP contribution is -2.53. The van der Waals surface area contributed by atoms with Crippen LogP contribution in [0.15, 0.2) is 0 Å². The van der Waals surface area contributed by atoms with E-state index < -0.39 is 0 Å². The van der Waals surface area contributed by atoms with E-state index in [4.69, 9.17) is 5.73 Å². The van der Waals surface area contributed by atoms with E-state index in [9.17, 15) is 4.79 Å². The van der Waals surface area contributed by atoms with Crippen LogP contribution in [0.1, 0.15) is 13.8 Å². The van der Waals surface area contributed by atoms with Gasteiger partial charge in [-0.05, 0) is 11.8 Å². The number of carbonyl (C=O) groups is 1. The van der Waals surface area contributed by atoms with Gasteiger partial charge in [0.1, 0.15) is 0 Å². The minimum atomic E-state index is 0.0851. The predicted molar refractivity (Wildman–Crippen MR) is 44.0 cm³/mol. The lowest BCUT2D eigenvalue weighted by molar-refractivity contribution is -0.136. The van der Waals surface area contributed by atoms with Gasteiger partial charge in [0.2, 0.25) is 5.91 Å². The van der Waals surface area contributed by atoms with Crippen LogP contribution in [0.5, 0.6) is 0 Å². The van der Waals surface area contributed by atoms with Gasteiger partial charge in [-0.2, -0.15) is 0 Å². The highest BCUT2D eigenvalue weighted by molar-refractivity contribution is 5.78. The molecule has 1 heterocycles. The van der Waals surface area contributed by atoms with E-state index in [1.807, 2.05) is 4.90 Å². The molecule has 1 aliphatic heterocycles. The maximum atomic E-state index is 11.0. The van der Waals surface area contributed by atoms with Crippen LogP contribution in [0.3, 0.4) is 0 Å². The highest BCUT2D eigenvalue weighted by Crippen LogP contribution is 2.22. The van der Waals surface area contributed by atoms with Crippen molar-refractivity contribution < 1.29 is 4.79 Å². The lowest BCUT2D eigenvalue weighted by Gasteiger charge is -2.41. The third-order valence-electron chi connectivity index (χ3n) is 2.38. The Bertz CT molecular complexity index is 150. The molecular weight excluding hydrogens is 140 g/mol. The van der Waals surface area contributed by atoms with Gasteiger partial charge >= 0.3 is 0 Å². The summed E-state index contributed by atoms with van der Waals surface area (Å²) in [6.45, 7) is 6.36. The van der Waals surface area contributed by atoms with Gasteiger partial charge in [-0.25, -0.2) is 0 Å². The smallest absolute Gasteiger partial charge is 0.236 e. The van der Waals surface area contributed by atoms with E-state index in [-0.39, 0.29) is 12.5 Å². The van der Waals surface area contributed by atoms with Crippen molar-refractivity contribution in [1.29, 1.82) is 0 Å². The lowest BCUT2D eigenvalue weighted by atomic mass is 9.88. The van der Waals surface area contributed by atoms with Crippen molar-refractivity contribution in [3.8, 4) is 0 Å². The summed E-state index contributed by atoms with van der Waals surface area (Å²) in [6, 6.07) is 0. The van der Waals surface area contributed by atoms with Crippen LogP contribution in [0.4, 0.5) is 0 Å². The first-order valence-corrected chi connectivity index (χ1v) is 4.13. The number of hydrogen-bond acceptors (Lipinski definition) is 2. The molecule has 1 rings (SSSR count). The molecule has 0 aromatic heterocycles. The average Bonchev–Trinajstić information content (AvgIpc) is 1.83. The second kappa shape index (κ2) is 3.22. The van der Waals surface area contributed by atoms with E-state index in [0.717, 1.165) is 13.1 Å². The van der Waals surface area contributed by atoms with Crippen LogP contribution in [-0.2, 0) is 4.79 Å². The van der Waals surface area contributed by atoms with Crippen LogP contribution in [0.2, 0.25) is 0 Å². The summed E-state index contributed by atoms with van der Waals surface area (Å²) in [5.74, 6) is 1.48. The van der Waals surface area contributed by atoms with Gasteiger partial charge in [0.15, 0.2) is 0 Å². The van der Waals surface area contributed by atoms with Crippen molar-refractivity contribution in [2.24, 2.45) is 17.6 Å². The summed E-state index contributed by atoms with van der Waals surface area (Å²) in [4.78, 5) is 12.8. The highest BCUT2D eigenvalue weighted by Gasteiger charge is 2.31. The molecule has 1 amide bonds. The second-order valence-electron chi connectivity index (χ2n) is 3.51. The Morgan fingerprint density at radius 2 is 2.18 bits per heavy atom. The molecular formula is C8H16N2O. The van der Waals surface area contributed by atoms with Gasteiger partial charge in [-0.15, -0.1) is 0 Å². The van der Waals surface area contributed by atoms with Crippen LogP contribution >= 0.6 is 0 Å². The Kier molecular flexibility index (Phi) is 2.49. The van der Waals surface area contributed by atoms with E-state index in [2.05, 4.69) is 13.8 Å². The van der Waals surface area contributed by atoms with Gasteiger partial charge in [0, 0.05) is 13.1 Å². The van der Waals surface area contributed by atoms with Crippen molar-refractivity contribution in [3.05, 3.63) is 0 Å². The molecule has 0 aromatic carbocycles. The molecule has 0 saturated carbocycles. The highest BCUT2D eigenvalue weighted by atomic mass is 16.2. The Morgan fingerprint density at radius 3 is 2.55 bits per heavy atom. The van der Waals surface area contributed by atoms with Crippen molar-refractivity contribution in [1.82, 2.24) is 4.90 Å². The molecule has 0 atom stereocenters. The van der Waals surface area contributed by atoms with Crippen LogP contribution < -0.4 is 5.73 Å². The third-order valence-corrected chi connectivity index (χ3v) is 2.38. The first-order valence-electron chi connectivity index (χ1n) is 4.13. The third kappa shape index (κ3) is 1.71. The Labute approximate surface area is 67.5 Å². The first-order chi connectivity index (χ1) is 5.15. The molecule has 1 fully saturated rings. The molecule has 0 radical (unpaired) electrons. The van der Waals surface area contributed by atoms with Gasteiger partial charge < -0.3 is 10.6 Å². The fourth-order valence-electron chi connectivity index (χ4n) is 1.27. The molecule has 2 N–H and O–H groups in total. The van der Waals surface area contributed by atoms with Gasteiger partial charge in [0.25, 0.3) is 0 Å². The Balaban J connectivity index is 2.24. The fourth-order valence-corrected chi connectivity index (χ4v) is 1.27. The van der Waals surface area contributed by atoms with Crippen LogP contribution in [0, 0.1) is 11.8 Å². The van der Waals surface area contributed by atoms with E-state index >= 15 is 0 Å². The molecule has 3 nitrogen and oxygen atoms in total. The molecule has 0 spiro atoms. The summed E-state index contributed by atoms with van der Waals surface area (Å²) < 4.78 is 0. The maximum absolute atomic E-state index is 11.0. The quantitative estimate of drug-likeness (QED) is 0.614. The zero-order valence-corrected chi connectivity index (χ0v) is 7.21. The Hall–Kier alpha value is -0.570. The minimum Gasteiger partial charge on any atom is -0.341 e. The maximum Gasteiger partial charge on any atom is 0.236 e. The first kappa shape index (κ1) is 8.53. The number of likely N-dealkylation sites (tertiary alicyclic amines) is 1. The summed E-state index contributed by atoms with van der Waals surface area (Å²) in [5.41, 5.74) is 5.21. The molecule has 0 aliphatic carbocycles. The molecule has 0 aromatic rings. The van der Waals surface area contributed by atoms with Gasteiger partial charge in [-0.3, -0.25) is 4.79 Å². The number of amides is 1. The number of carbonyl (C=O) groups excluding carboxylic acids is 1. The normalized spacial score (nSPS) is 18.7. The van der Waals surface area contributed by atoms with Gasteiger partial charge in [0.05, 0.1) is 6.54 Å². The molecule has 3 heteroatoms. The van der Waals surface area contributed by atoms with Gasteiger partial charge in [-0.1, -0.05) is 13.8 Å². The zero-order chi connectivity index (χ0) is 8.43. The minimum absolute atomic E-state index is 0.0851. The number of rotatable bonds is 2. The number of hydrogen-bond donors (Lipinski definition) is 1. The topological polar surface area (TPSA) is 46.3 Å². The largest absolute Gasteiger partial charge is 0.341 e. The molecule has 64 valence electrons. The number of nitrogens with zero attached hydrogens (tertiary/aromatic N) is 1. The molecule has 11 heavy (non-hydrogen) atoms. The summed E-state index contributed by atoms with van der Waals surface area (Å²) in [5, 5.41) is 0. The van der Waals surface area contributed by atoms with Crippen molar-refractivity contribution in [2.75, 3.05) is 19.6 Å². The predicted octanol–water partition coefficient (Wildman–Crippen LogP) is 0.0595. The van der Waals surface area contributed by atoms with E-state index in [1.54, 1.807) is 0 Å². The van der Waals surface area contributed by atoms with E-state index in [1.165, 1.54) is 0 Å². The fraction of sp³-hybridized carbons (Fsp3) is 0.875. The monoisotopic (exact) mass is 156 g/mol. The summed E-state index contributed by atoms with van der Waals surface area (Å²) >= 11 is 0. The molecule has 1 saturated heterocycles. The molecule has 1 aliphatic rings. The molecule has 0 bridgehead atoms.